The average Bonchev–Trinajstić information content (AvgIpc) is 2.89. The highest BCUT2D eigenvalue weighted by molar-refractivity contribution is 7.13. The zero-order valence-corrected chi connectivity index (χ0v) is 21.9. The normalized spacial score (nSPS) is 11.5. The third-order valence-corrected chi connectivity index (χ3v) is 16.4. The molecule has 0 amide bonds. The molecule has 0 atom stereocenters. The lowest BCUT2D eigenvalue weighted by Crippen LogP contribution is -2.72. The van der Waals surface area contributed by atoms with E-state index in [4.69, 9.17) is 8.85 Å². The van der Waals surface area contributed by atoms with Crippen molar-refractivity contribution in [2.75, 3.05) is 0 Å². The van der Waals surface area contributed by atoms with Gasteiger partial charge in [0, 0.05) is 19.5 Å². The Bertz CT molecular complexity index is 1080. The van der Waals surface area contributed by atoms with Gasteiger partial charge in [-0.1, -0.05) is 121 Å². The summed E-state index contributed by atoms with van der Waals surface area (Å²) in [7, 11) is -6.49. The summed E-state index contributed by atoms with van der Waals surface area (Å²) in [5.41, 5.74) is 0.418. The number of hydrogen-bond acceptors (Lipinski definition) is 4. The smallest absolute Gasteiger partial charge is 0.319 e. The molecule has 0 aliphatic heterocycles. The van der Waals surface area contributed by atoms with E-state index in [-0.39, 0.29) is 11.9 Å². The molecule has 0 aliphatic rings. The number of hydrogen-bond donors (Lipinski definition) is 0. The quantitative estimate of drug-likeness (QED) is 0.352. The highest BCUT2D eigenvalue weighted by Gasteiger charge is 2.55. The fourth-order valence-electron chi connectivity index (χ4n) is 4.72. The molecule has 0 aliphatic carbocycles. The maximum Gasteiger partial charge on any atom is 0.319 e. The van der Waals surface area contributed by atoms with Crippen LogP contribution in [0.2, 0.25) is 5.67 Å². The van der Waals surface area contributed by atoms with Gasteiger partial charge in [-0.3, -0.25) is 9.59 Å². The van der Waals surface area contributed by atoms with Crippen LogP contribution in [0.1, 0.15) is 13.8 Å². The highest BCUT2D eigenvalue weighted by atomic mass is 28.4. The molecule has 0 fully saturated rings. The molecular formula is C29H28O4Si2. The average molecular weight is 497 g/mol. The van der Waals surface area contributed by atoms with Gasteiger partial charge in [-0.15, -0.1) is 0 Å². The Morgan fingerprint density at radius 2 is 0.714 bits per heavy atom. The van der Waals surface area contributed by atoms with E-state index in [0.717, 1.165) is 20.7 Å². The molecule has 4 rings (SSSR count). The van der Waals surface area contributed by atoms with Crippen LogP contribution >= 0.6 is 0 Å². The molecule has 0 saturated carbocycles. The molecule has 0 bridgehead atoms. The molecule has 176 valence electrons. The lowest BCUT2D eigenvalue weighted by molar-refractivity contribution is -0.133. The first-order valence-electron chi connectivity index (χ1n) is 11.6. The van der Waals surface area contributed by atoms with Crippen LogP contribution in [0, 0.1) is 0 Å². The third-order valence-electron chi connectivity index (χ3n) is 6.09. The SMILES string of the molecule is CC(=O)O[Si](C[Si](OC(C)=O)(c1ccccc1)c1ccccc1)(c1ccccc1)c1ccccc1. The topological polar surface area (TPSA) is 52.6 Å². The van der Waals surface area contributed by atoms with Crippen LogP contribution in [0.5, 0.6) is 0 Å². The van der Waals surface area contributed by atoms with Crippen molar-refractivity contribution in [2.45, 2.75) is 19.5 Å². The first-order chi connectivity index (χ1) is 17.0. The van der Waals surface area contributed by atoms with Crippen molar-refractivity contribution < 1.29 is 18.4 Å². The van der Waals surface area contributed by atoms with Crippen molar-refractivity contribution in [3.8, 4) is 0 Å². The van der Waals surface area contributed by atoms with Crippen molar-refractivity contribution in [3.05, 3.63) is 121 Å². The van der Waals surface area contributed by atoms with Crippen LogP contribution in [0.4, 0.5) is 0 Å². The molecule has 0 unspecified atom stereocenters. The van der Waals surface area contributed by atoms with E-state index in [0.29, 0.717) is 5.67 Å². The number of benzene rings is 4. The Morgan fingerprint density at radius 1 is 0.486 bits per heavy atom. The first kappa shape index (κ1) is 24.4. The van der Waals surface area contributed by atoms with E-state index >= 15 is 0 Å². The van der Waals surface area contributed by atoms with E-state index in [1.54, 1.807) is 0 Å². The van der Waals surface area contributed by atoms with Crippen LogP contribution in [0.15, 0.2) is 121 Å². The van der Waals surface area contributed by atoms with Crippen molar-refractivity contribution >= 4 is 49.3 Å². The van der Waals surface area contributed by atoms with Gasteiger partial charge in [0.05, 0.1) is 0 Å². The monoisotopic (exact) mass is 496 g/mol. The summed E-state index contributed by atoms with van der Waals surface area (Å²) in [5, 5.41) is 3.82. The second-order valence-corrected chi connectivity index (χ2v) is 15.9. The fourth-order valence-corrected chi connectivity index (χ4v) is 16.4. The minimum atomic E-state index is -3.24. The molecule has 0 spiro atoms. The van der Waals surface area contributed by atoms with Gasteiger partial charge in [-0.05, 0) is 20.7 Å². The number of carbonyl (C=O) groups is 2. The molecule has 35 heavy (non-hydrogen) atoms. The lowest BCUT2D eigenvalue weighted by atomic mass is 10.4. The summed E-state index contributed by atoms with van der Waals surface area (Å²) < 4.78 is 12.9. The Labute approximate surface area is 208 Å². The van der Waals surface area contributed by atoms with Crippen LogP contribution in [0.3, 0.4) is 0 Å². The Balaban J connectivity index is 2.07. The Hall–Kier alpha value is -3.75. The van der Waals surface area contributed by atoms with Crippen molar-refractivity contribution in [2.24, 2.45) is 0 Å². The molecule has 0 aromatic heterocycles. The van der Waals surface area contributed by atoms with E-state index in [9.17, 15) is 9.59 Å². The van der Waals surface area contributed by atoms with Gasteiger partial charge < -0.3 is 8.85 Å². The zero-order valence-electron chi connectivity index (χ0n) is 19.9. The fraction of sp³-hybridized carbons (Fsp3) is 0.103. The minimum absolute atomic E-state index is 0.351. The second-order valence-electron chi connectivity index (χ2n) is 8.48. The van der Waals surface area contributed by atoms with E-state index < -0.39 is 16.6 Å². The van der Waals surface area contributed by atoms with E-state index in [2.05, 4.69) is 0 Å². The Morgan fingerprint density at radius 3 is 0.914 bits per heavy atom. The van der Waals surface area contributed by atoms with Gasteiger partial charge in [0.2, 0.25) is 0 Å². The summed E-state index contributed by atoms with van der Waals surface area (Å²) in [4.78, 5) is 25.4. The number of rotatable bonds is 8. The van der Waals surface area contributed by atoms with E-state index in [1.807, 2.05) is 121 Å². The van der Waals surface area contributed by atoms with Crippen molar-refractivity contribution in [1.29, 1.82) is 0 Å². The molecule has 4 aromatic rings. The molecule has 4 aromatic carbocycles. The second kappa shape index (κ2) is 10.7. The summed E-state index contributed by atoms with van der Waals surface area (Å²) in [5.74, 6) is -0.701. The van der Waals surface area contributed by atoms with Crippen LogP contribution in [0.25, 0.3) is 0 Å². The predicted molar refractivity (Wildman–Crippen MR) is 144 cm³/mol. The zero-order chi connectivity index (χ0) is 24.7. The van der Waals surface area contributed by atoms with Gasteiger partial charge in [0.25, 0.3) is 11.9 Å². The summed E-state index contributed by atoms with van der Waals surface area (Å²) in [6.07, 6.45) is 0. The molecule has 6 heteroatoms. The van der Waals surface area contributed by atoms with Gasteiger partial charge in [0.15, 0.2) is 0 Å². The van der Waals surface area contributed by atoms with Gasteiger partial charge in [-0.25, -0.2) is 0 Å². The highest BCUT2D eigenvalue weighted by Crippen LogP contribution is 2.24. The lowest BCUT2D eigenvalue weighted by Gasteiger charge is -2.40. The molecule has 0 saturated heterocycles. The largest absolute Gasteiger partial charge is 0.510 e. The van der Waals surface area contributed by atoms with Gasteiger partial charge >= 0.3 is 16.6 Å². The van der Waals surface area contributed by atoms with Crippen molar-refractivity contribution in [3.63, 3.8) is 0 Å². The van der Waals surface area contributed by atoms with Gasteiger partial charge in [0.1, 0.15) is 0 Å². The maximum atomic E-state index is 12.7. The summed E-state index contributed by atoms with van der Waals surface area (Å²) >= 11 is 0. The molecular weight excluding hydrogens is 468 g/mol. The number of carbonyl (C=O) groups excluding carboxylic acids is 2. The molecule has 0 N–H and O–H groups in total. The van der Waals surface area contributed by atoms with Crippen LogP contribution in [-0.2, 0) is 18.4 Å². The maximum absolute atomic E-state index is 12.7. The minimum Gasteiger partial charge on any atom is -0.510 e. The van der Waals surface area contributed by atoms with Crippen LogP contribution in [-0.4, -0.2) is 28.6 Å². The standard InChI is InChI=1S/C29H28O4Si2/c1-24(30)32-34(26-15-7-3-8-16-26,27-17-9-4-10-18-27)23-35(33-25(2)31,28-19-11-5-12-20-28)29-21-13-6-14-22-29/h3-22H,23H2,1-2H3. The third kappa shape index (κ3) is 5.18. The molecule has 0 heterocycles. The predicted octanol–water partition coefficient (Wildman–Crippen LogP) is 3.17. The summed E-state index contributed by atoms with van der Waals surface area (Å²) in [6.45, 7) is 2.90. The Kier molecular flexibility index (Phi) is 7.43. The summed E-state index contributed by atoms with van der Waals surface area (Å²) in [6, 6.07) is 39.7. The van der Waals surface area contributed by atoms with E-state index in [1.165, 1.54) is 13.8 Å². The molecule has 0 radical (unpaired) electrons. The molecule has 4 nitrogen and oxygen atoms in total. The van der Waals surface area contributed by atoms with Crippen LogP contribution < -0.4 is 20.7 Å². The van der Waals surface area contributed by atoms with Crippen molar-refractivity contribution in [1.82, 2.24) is 0 Å². The first-order valence-corrected chi connectivity index (χ1v) is 15.8. The van der Waals surface area contributed by atoms with Gasteiger partial charge in [-0.2, -0.15) is 0 Å².